The van der Waals surface area contributed by atoms with Gasteiger partial charge < -0.3 is 20.1 Å². The lowest BCUT2D eigenvalue weighted by Crippen LogP contribution is -2.43. The zero-order valence-corrected chi connectivity index (χ0v) is 31.6. The van der Waals surface area contributed by atoms with Gasteiger partial charge in [0.1, 0.15) is 30.5 Å². The molecule has 0 spiro atoms. The zero-order chi connectivity index (χ0) is 38.1. The maximum absolute atomic E-state index is 13.2. The smallest absolute Gasteiger partial charge is 0.410 e. The fourth-order valence-corrected chi connectivity index (χ4v) is 7.02. The Morgan fingerprint density at radius 2 is 1.67 bits per heavy atom. The molecule has 0 bridgehead atoms. The Kier molecular flexibility index (Phi) is 11.5. The molecule has 0 saturated carbocycles. The van der Waals surface area contributed by atoms with E-state index in [4.69, 9.17) is 14.5 Å². The number of aromatic nitrogens is 3. The molecule has 3 heterocycles. The third-order valence-electron chi connectivity index (χ3n) is 9.13. The number of benzene rings is 4. The molecule has 1 aliphatic rings. The highest BCUT2D eigenvalue weighted by molar-refractivity contribution is 7.99. The van der Waals surface area contributed by atoms with Gasteiger partial charge in [0.05, 0.1) is 18.2 Å². The number of likely N-dealkylation sites (tertiary alicyclic amines) is 1. The average Bonchev–Trinajstić information content (AvgIpc) is 3.72. The van der Waals surface area contributed by atoms with E-state index in [0.717, 1.165) is 55.4 Å². The molecular formula is C44H40N6O4S. The molecule has 1 saturated heterocycles. The molecular weight excluding hydrogens is 709 g/mol. The normalized spacial score (nSPS) is 13.6. The van der Waals surface area contributed by atoms with E-state index >= 15 is 0 Å². The predicted octanol–water partition coefficient (Wildman–Crippen LogP) is 9.19. The van der Waals surface area contributed by atoms with Crippen molar-refractivity contribution < 1.29 is 19.1 Å². The van der Waals surface area contributed by atoms with Crippen LogP contribution in [0, 0.1) is 11.8 Å². The van der Waals surface area contributed by atoms with Crippen LogP contribution >= 0.6 is 11.8 Å². The Morgan fingerprint density at radius 3 is 2.44 bits per heavy atom. The van der Waals surface area contributed by atoms with Crippen LogP contribution < -0.4 is 15.4 Å². The van der Waals surface area contributed by atoms with Crippen molar-refractivity contribution in [3.8, 4) is 17.6 Å². The Hall–Kier alpha value is -6.38. The lowest BCUT2D eigenvalue weighted by Gasteiger charge is -2.23. The third kappa shape index (κ3) is 9.23. The average molecular weight is 749 g/mol. The molecule has 55 heavy (non-hydrogen) atoms. The molecule has 6 aromatic rings. The zero-order valence-electron chi connectivity index (χ0n) is 30.8. The lowest BCUT2D eigenvalue weighted by atomic mass is 10.1. The molecule has 2 amide bonds. The summed E-state index contributed by atoms with van der Waals surface area (Å²) >= 11 is 1.62. The van der Waals surface area contributed by atoms with Crippen LogP contribution in [0.3, 0.4) is 0 Å². The number of nitrogens with one attached hydrogen (secondary N) is 2. The van der Waals surface area contributed by atoms with Gasteiger partial charge in [-0.25, -0.2) is 19.7 Å². The summed E-state index contributed by atoms with van der Waals surface area (Å²) in [7, 11) is 1.65. The van der Waals surface area contributed by atoms with Crippen molar-refractivity contribution in [2.75, 3.05) is 24.3 Å². The van der Waals surface area contributed by atoms with Gasteiger partial charge in [-0.3, -0.25) is 9.69 Å². The van der Waals surface area contributed by atoms with Crippen molar-refractivity contribution in [2.24, 2.45) is 0 Å². The van der Waals surface area contributed by atoms with E-state index in [1.165, 1.54) is 11.2 Å². The Bertz CT molecular complexity index is 2360. The van der Waals surface area contributed by atoms with Crippen LogP contribution in [0.15, 0.2) is 125 Å². The number of ether oxygens (including phenoxy) is 2. The van der Waals surface area contributed by atoms with Crippen molar-refractivity contribution in [2.45, 2.75) is 55.0 Å². The monoisotopic (exact) mass is 748 g/mol. The number of carbonyl (C=O) groups is 2. The molecule has 2 N–H and O–H groups in total. The van der Waals surface area contributed by atoms with E-state index < -0.39 is 12.1 Å². The lowest BCUT2D eigenvalue weighted by molar-refractivity contribution is -0.120. The van der Waals surface area contributed by atoms with Gasteiger partial charge >= 0.3 is 6.09 Å². The second kappa shape index (κ2) is 17.2. The number of methoxy groups -OCH3 is 1. The largest absolute Gasteiger partial charge is 0.497 e. The number of hydrogen-bond acceptors (Lipinski definition) is 9. The molecule has 7 rings (SSSR count). The first-order valence-corrected chi connectivity index (χ1v) is 18.9. The van der Waals surface area contributed by atoms with Crippen molar-refractivity contribution >= 4 is 52.0 Å². The number of rotatable bonds is 10. The standard InChI is InChI=1S/C44H40N6O4S/c1-29(2)37-23-22-36-41(48-37)45-28-46-42(36)49-38-26-31(15-24-40(38)55-35-20-18-34(53-3)19-21-35)12-11-30-13-16-33(17-14-30)47-43(51)39-10-7-25-50(39)44(52)54-27-32-8-5-4-6-9-32/h4-6,8-9,13-24,26,28-29,39H,7,10,25,27H2,1-3H3,(H,47,51)(H,45,46,48,49). The van der Waals surface area contributed by atoms with Crippen LogP contribution in [-0.2, 0) is 16.1 Å². The quantitative estimate of drug-likeness (QED) is 0.132. The summed E-state index contributed by atoms with van der Waals surface area (Å²) in [6, 6.07) is 34.3. The molecule has 1 fully saturated rings. The molecule has 2 aromatic heterocycles. The first-order valence-electron chi connectivity index (χ1n) is 18.1. The van der Waals surface area contributed by atoms with Crippen LogP contribution in [0.4, 0.5) is 22.0 Å². The van der Waals surface area contributed by atoms with Gasteiger partial charge in [0.15, 0.2) is 5.65 Å². The Balaban J connectivity index is 1.06. The maximum Gasteiger partial charge on any atom is 0.410 e. The minimum absolute atomic E-state index is 0.160. The summed E-state index contributed by atoms with van der Waals surface area (Å²) in [5.41, 5.74) is 5.54. The van der Waals surface area contributed by atoms with Crippen LogP contribution in [0.5, 0.6) is 5.75 Å². The topological polar surface area (TPSA) is 119 Å². The molecule has 11 heteroatoms. The van der Waals surface area contributed by atoms with Gasteiger partial charge in [-0.1, -0.05) is 67.8 Å². The first-order chi connectivity index (χ1) is 26.8. The van der Waals surface area contributed by atoms with Crippen LogP contribution in [-0.4, -0.2) is 51.5 Å². The van der Waals surface area contributed by atoms with Gasteiger partial charge in [0.25, 0.3) is 0 Å². The molecule has 1 atom stereocenters. The summed E-state index contributed by atoms with van der Waals surface area (Å²) in [4.78, 5) is 43.4. The highest BCUT2D eigenvalue weighted by atomic mass is 32.2. The van der Waals surface area contributed by atoms with Crippen LogP contribution in [0.1, 0.15) is 55.0 Å². The molecule has 0 aliphatic carbocycles. The van der Waals surface area contributed by atoms with E-state index in [9.17, 15) is 9.59 Å². The molecule has 4 aromatic carbocycles. The molecule has 276 valence electrons. The van der Waals surface area contributed by atoms with Gasteiger partial charge in [0, 0.05) is 38.8 Å². The summed E-state index contributed by atoms with van der Waals surface area (Å²) in [6.07, 6.45) is 2.35. The minimum Gasteiger partial charge on any atom is -0.497 e. The van der Waals surface area contributed by atoms with Crippen molar-refractivity contribution in [3.05, 3.63) is 138 Å². The number of amides is 2. The molecule has 0 radical (unpaired) electrons. The van der Waals surface area contributed by atoms with Crippen molar-refractivity contribution in [1.82, 2.24) is 19.9 Å². The molecule has 1 unspecified atom stereocenters. The number of fused-ring (bicyclic) bond motifs is 1. The SMILES string of the molecule is COc1ccc(Sc2ccc(C#Cc3ccc(NC(=O)C4CCCN4C(=O)OCc4ccccc4)cc3)cc2Nc2ncnc3nc(C(C)C)ccc23)cc1. The maximum atomic E-state index is 13.2. The second-order valence-electron chi connectivity index (χ2n) is 13.3. The Morgan fingerprint density at radius 1 is 0.909 bits per heavy atom. The van der Waals surface area contributed by atoms with E-state index in [1.807, 2.05) is 109 Å². The number of carbonyl (C=O) groups excluding carboxylic acids is 2. The number of hydrogen-bond donors (Lipinski definition) is 2. The summed E-state index contributed by atoms with van der Waals surface area (Å²) in [5, 5.41) is 7.32. The van der Waals surface area contributed by atoms with Gasteiger partial charge in [-0.15, -0.1) is 0 Å². The van der Waals surface area contributed by atoms with Gasteiger partial charge in [-0.05, 0) is 103 Å². The van der Waals surface area contributed by atoms with E-state index in [-0.39, 0.29) is 18.4 Å². The predicted molar refractivity (Wildman–Crippen MR) is 216 cm³/mol. The van der Waals surface area contributed by atoms with Crippen LogP contribution in [0.2, 0.25) is 0 Å². The highest BCUT2D eigenvalue weighted by Gasteiger charge is 2.35. The summed E-state index contributed by atoms with van der Waals surface area (Å²) < 4.78 is 10.8. The number of pyridine rings is 1. The van der Waals surface area contributed by atoms with E-state index in [1.54, 1.807) is 18.9 Å². The van der Waals surface area contributed by atoms with Crippen molar-refractivity contribution in [1.29, 1.82) is 0 Å². The Labute approximate surface area is 324 Å². The highest BCUT2D eigenvalue weighted by Crippen LogP contribution is 2.37. The first kappa shape index (κ1) is 37.0. The molecule has 10 nitrogen and oxygen atoms in total. The number of anilines is 3. The summed E-state index contributed by atoms with van der Waals surface area (Å²) in [6.45, 7) is 4.85. The van der Waals surface area contributed by atoms with E-state index in [2.05, 4.69) is 46.3 Å². The fourth-order valence-electron chi connectivity index (χ4n) is 6.14. The fraction of sp³-hybridized carbons (Fsp3) is 0.205. The van der Waals surface area contributed by atoms with Crippen LogP contribution in [0.25, 0.3) is 11.0 Å². The number of nitrogens with zero attached hydrogens (tertiary/aromatic N) is 4. The molecule has 1 aliphatic heterocycles. The van der Waals surface area contributed by atoms with Crippen molar-refractivity contribution in [3.63, 3.8) is 0 Å². The second-order valence-corrected chi connectivity index (χ2v) is 14.4. The summed E-state index contributed by atoms with van der Waals surface area (Å²) in [5.74, 6) is 8.02. The minimum atomic E-state index is -0.592. The third-order valence-corrected chi connectivity index (χ3v) is 10.2. The van der Waals surface area contributed by atoms with Gasteiger partial charge in [-0.2, -0.15) is 0 Å². The van der Waals surface area contributed by atoms with Gasteiger partial charge in [0.2, 0.25) is 5.91 Å². The van der Waals surface area contributed by atoms with E-state index in [0.29, 0.717) is 30.1 Å².